The topological polar surface area (TPSA) is 55.1 Å². The molecular formula is C16H17FN2O. The lowest BCUT2D eigenvalue weighted by molar-refractivity contribution is 0.0939. The summed E-state index contributed by atoms with van der Waals surface area (Å²) in [6.07, 6.45) is 0. The summed E-state index contributed by atoms with van der Waals surface area (Å²) >= 11 is 0. The number of carbonyl (C=O) groups excluding carboxylic acids is 1. The van der Waals surface area contributed by atoms with Crippen LogP contribution in [0.3, 0.4) is 0 Å². The van der Waals surface area contributed by atoms with Crippen LogP contribution in [0.5, 0.6) is 0 Å². The maximum Gasteiger partial charge on any atom is 0.251 e. The molecule has 0 unspecified atom stereocenters. The van der Waals surface area contributed by atoms with Crippen LogP contribution >= 0.6 is 0 Å². The molecule has 20 heavy (non-hydrogen) atoms. The first-order chi connectivity index (χ1) is 9.49. The van der Waals surface area contributed by atoms with Crippen LogP contribution in [-0.4, -0.2) is 5.91 Å². The Hall–Kier alpha value is -2.36. The molecule has 2 aromatic carbocycles. The number of anilines is 1. The van der Waals surface area contributed by atoms with Gasteiger partial charge in [0, 0.05) is 16.8 Å². The van der Waals surface area contributed by atoms with E-state index in [4.69, 9.17) is 5.73 Å². The van der Waals surface area contributed by atoms with Gasteiger partial charge < -0.3 is 11.1 Å². The normalized spacial score (nSPS) is 11.9. The molecule has 0 aliphatic rings. The number of amides is 1. The largest absolute Gasteiger partial charge is 0.399 e. The van der Waals surface area contributed by atoms with E-state index < -0.39 is 6.04 Å². The lowest BCUT2D eigenvalue weighted by Gasteiger charge is -2.15. The lowest BCUT2D eigenvalue weighted by atomic mass is 10.1. The molecule has 0 heterocycles. The number of aryl methyl sites for hydroxylation is 1. The van der Waals surface area contributed by atoms with Crippen molar-refractivity contribution in [3.63, 3.8) is 0 Å². The minimum absolute atomic E-state index is 0.246. The average molecular weight is 272 g/mol. The summed E-state index contributed by atoms with van der Waals surface area (Å²) in [5.74, 6) is -0.572. The number of nitrogen functional groups attached to an aromatic ring is 1. The van der Waals surface area contributed by atoms with E-state index in [1.54, 1.807) is 43.3 Å². The first-order valence-corrected chi connectivity index (χ1v) is 6.40. The van der Waals surface area contributed by atoms with Crippen molar-refractivity contribution in [1.82, 2.24) is 5.32 Å². The zero-order chi connectivity index (χ0) is 14.7. The van der Waals surface area contributed by atoms with Crippen molar-refractivity contribution in [2.24, 2.45) is 0 Å². The highest BCUT2D eigenvalue weighted by Crippen LogP contribution is 2.18. The summed E-state index contributed by atoms with van der Waals surface area (Å²) < 4.78 is 13.6. The van der Waals surface area contributed by atoms with E-state index in [2.05, 4.69) is 5.32 Å². The van der Waals surface area contributed by atoms with Crippen LogP contribution in [0, 0.1) is 12.7 Å². The fourth-order valence-corrected chi connectivity index (χ4v) is 2.00. The lowest BCUT2D eigenvalue weighted by Crippen LogP contribution is -2.27. The predicted octanol–water partition coefficient (Wildman–Crippen LogP) is 3.21. The number of hydrogen-bond acceptors (Lipinski definition) is 2. The van der Waals surface area contributed by atoms with Gasteiger partial charge in [0.25, 0.3) is 5.91 Å². The van der Waals surface area contributed by atoms with Gasteiger partial charge in [0.05, 0.1) is 6.04 Å². The summed E-state index contributed by atoms with van der Waals surface area (Å²) in [6, 6.07) is 11.1. The number of carbonyl (C=O) groups is 1. The van der Waals surface area contributed by atoms with E-state index >= 15 is 0 Å². The molecular weight excluding hydrogens is 255 g/mol. The molecule has 2 rings (SSSR count). The Labute approximate surface area is 117 Å². The van der Waals surface area contributed by atoms with E-state index in [9.17, 15) is 9.18 Å². The molecule has 0 saturated carbocycles. The average Bonchev–Trinajstić information content (AvgIpc) is 2.42. The van der Waals surface area contributed by atoms with E-state index in [0.29, 0.717) is 16.8 Å². The fraction of sp³-hybridized carbons (Fsp3) is 0.188. The number of halogens is 1. The highest BCUT2D eigenvalue weighted by Gasteiger charge is 2.14. The zero-order valence-corrected chi connectivity index (χ0v) is 11.5. The molecule has 0 aromatic heterocycles. The van der Waals surface area contributed by atoms with Crippen molar-refractivity contribution in [1.29, 1.82) is 0 Å². The van der Waals surface area contributed by atoms with E-state index in [-0.39, 0.29) is 11.7 Å². The smallest absolute Gasteiger partial charge is 0.251 e. The summed E-state index contributed by atoms with van der Waals surface area (Å²) in [5, 5.41) is 2.78. The maximum atomic E-state index is 13.6. The molecule has 104 valence electrons. The third-order valence-electron chi connectivity index (χ3n) is 3.25. The van der Waals surface area contributed by atoms with Crippen LogP contribution in [0.25, 0.3) is 0 Å². The Morgan fingerprint density at radius 2 is 1.95 bits per heavy atom. The highest BCUT2D eigenvalue weighted by molar-refractivity contribution is 5.95. The number of hydrogen-bond donors (Lipinski definition) is 2. The van der Waals surface area contributed by atoms with Crippen molar-refractivity contribution in [2.45, 2.75) is 19.9 Å². The SMILES string of the molecule is Cc1cc(C(=O)N[C@H](C)c2ccccc2F)ccc1N. The molecule has 0 saturated heterocycles. The molecule has 0 fully saturated rings. The highest BCUT2D eigenvalue weighted by atomic mass is 19.1. The molecule has 0 radical (unpaired) electrons. The van der Waals surface area contributed by atoms with Crippen LogP contribution in [0.15, 0.2) is 42.5 Å². The Morgan fingerprint density at radius 3 is 2.60 bits per heavy atom. The van der Waals surface area contributed by atoms with Gasteiger partial charge in [0.1, 0.15) is 5.82 Å². The molecule has 0 bridgehead atoms. The molecule has 1 atom stereocenters. The van der Waals surface area contributed by atoms with Gasteiger partial charge in [-0.1, -0.05) is 18.2 Å². The summed E-state index contributed by atoms with van der Waals surface area (Å²) in [5.41, 5.74) is 8.19. The standard InChI is InChI=1S/C16H17FN2O/c1-10-9-12(7-8-15(10)18)16(20)19-11(2)13-5-3-4-6-14(13)17/h3-9,11H,18H2,1-2H3,(H,19,20)/t11-/m1/s1. The first-order valence-electron chi connectivity index (χ1n) is 6.40. The molecule has 2 aromatic rings. The number of benzene rings is 2. The molecule has 0 aliphatic carbocycles. The summed E-state index contributed by atoms with van der Waals surface area (Å²) in [7, 11) is 0. The Bertz CT molecular complexity index is 640. The minimum Gasteiger partial charge on any atom is -0.399 e. The fourth-order valence-electron chi connectivity index (χ4n) is 2.00. The molecule has 4 heteroatoms. The molecule has 3 N–H and O–H groups in total. The second kappa shape index (κ2) is 5.74. The third-order valence-corrected chi connectivity index (χ3v) is 3.25. The van der Waals surface area contributed by atoms with Crippen molar-refractivity contribution >= 4 is 11.6 Å². The van der Waals surface area contributed by atoms with Crippen LogP contribution < -0.4 is 11.1 Å². The molecule has 1 amide bonds. The quantitative estimate of drug-likeness (QED) is 0.843. The second-order valence-corrected chi connectivity index (χ2v) is 4.79. The van der Waals surface area contributed by atoms with Crippen molar-refractivity contribution in [3.05, 3.63) is 65.0 Å². The minimum atomic E-state index is -0.401. The van der Waals surface area contributed by atoms with Gasteiger partial charge in [-0.3, -0.25) is 4.79 Å². The van der Waals surface area contributed by atoms with Gasteiger partial charge in [0.2, 0.25) is 0 Å². The predicted molar refractivity (Wildman–Crippen MR) is 77.9 cm³/mol. The summed E-state index contributed by atoms with van der Waals surface area (Å²) in [4.78, 5) is 12.1. The number of nitrogens with two attached hydrogens (primary N) is 1. The Balaban J connectivity index is 2.15. The first kappa shape index (κ1) is 14.1. The van der Waals surface area contributed by atoms with Crippen LogP contribution in [0.2, 0.25) is 0 Å². The Kier molecular flexibility index (Phi) is 4.03. The van der Waals surface area contributed by atoms with Crippen molar-refractivity contribution in [2.75, 3.05) is 5.73 Å². The van der Waals surface area contributed by atoms with Crippen molar-refractivity contribution in [3.8, 4) is 0 Å². The summed E-state index contributed by atoms with van der Waals surface area (Å²) in [6.45, 7) is 3.59. The Morgan fingerprint density at radius 1 is 1.25 bits per heavy atom. The molecule has 3 nitrogen and oxygen atoms in total. The van der Waals surface area contributed by atoms with Gasteiger partial charge >= 0.3 is 0 Å². The molecule has 0 spiro atoms. The van der Waals surface area contributed by atoms with E-state index in [1.165, 1.54) is 6.07 Å². The van der Waals surface area contributed by atoms with Gasteiger partial charge in [-0.15, -0.1) is 0 Å². The number of nitrogens with one attached hydrogen (secondary N) is 1. The van der Waals surface area contributed by atoms with E-state index in [1.807, 2.05) is 6.92 Å². The number of rotatable bonds is 3. The van der Waals surface area contributed by atoms with E-state index in [0.717, 1.165) is 5.56 Å². The van der Waals surface area contributed by atoms with Crippen molar-refractivity contribution < 1.29 is 9.18 Å². The monoisotopic (exact) mass is 272 g/mol. The van der Waals surface area contributed by atoms with Crippen LogP contribution in [0.4, 0.5) is 10.1 Å². The van der Waals surface area contributed by atoms with Crippen LogP contribution in [0.1, 0.15) is 34.5 Å². The van der Waals surface area contributed by atoms with Gasteiger partial charge in [-0.05, 0) is 43.7 Å². The molecule has 0 aliphatic heterocycles. The van der Waals surface area contributed by atoms with Gasteiger partial charge in [0.15, 0.2) is 0 Å². The zero-order valence-electron chi connectivity index (χ0n) is 11.5. The van der Waals surface area contributed by atoms with Crippen LogP contribution in [-0.2, 0) is 0 Å². The second-order valence-electron chi connectivity index (χ2n) is 4.79. The maximum absolute atomic E-state index is 13.6. The van der Waals surface area contributed by atoms with Gasteiger partial charge in [-0.25, -0.2) is 4.39 Å². The van der Waals surface area contributed by atoms with Gasteiger partial charge in [-0.2, -0.15) is 0 Å². The third kappa shape index (κ3) is 2.96.